The highest BCUT2D eigenvalue weighted by Gasteiger charge is 2.07. The van der Waals surface area contributed by atoms with Gasteiger partial charge in [0.05, 0.1) is 10.6 Å². The van der Waals surface area contributed by atoms with E-state index < -0.39 is 0 Å². The third-order valence-electron chi connectivity index (χ3n) is 3.05. The highest BCUT2D eigenvalue weighted by Crippen LogP contribution is 2.20. The molecule has 0 aliphatic carbocycles. The second-order valence-electron chi connectivity index (χ2n) is 4.55. The fraction of sp³-hybridized carbons (Fsp3) is 0.125. The van der Waals surface area contributed by atoms with E-state index in [0.29, 0.717) is 34.8 Å². The van der Waals surface area contributed by atoms with Gasteiger partial charge in [0.25, 0.3) is 0 Å². The minimum atomic E-state index is -0.126. The Labute approximate surface area is 128 Å². The van der Waals surface area contributed by atoms with Crippen molar-refractivity contribution in [2.45, 2.75) is 12.8 Å². The first-order valence-electron chi connectivity index (χ1n) is 6.43. The van der Waals surface area contributed by atoms with Gasteiger partial charge in [-0.1, -0.05) is 29.8 Å². The van der Waals surface area contributed by atoms with Crippen molar-refractivity contribution < 1.29 is 4.79 Å². The summed E-state index contributed by atoms with van der Waals surface area (Å²) in [6.45, 7) is 0. The van der Waals surface area contributed by atoms with Crippen molar-refractivity contribution in [2.24, 2.45) is 0 Å². The second kappa shape index (κ2) is 6.78. The number of halogens is 1. The van der Waals surface area contributed by atoms with Gasteiger partial charge in [-0.3, -0.25) is 4.79 Å². The van der Waals surface area contributed by atoms with Gasteiger partial charge in [0.1, 0.15) is 6.07 Å². The zero-order valence-electron chi connectivity index (χ0n) is 11.3. The molecule has 0 unspecified atom stereocenters. The largest absolute Gasteiger partial charge is 0.399 e. The van der Waals surface area contributed by atoms with Gasteiger partial charge < -0.3 is 11.1 Å². The number of nitrogens with one attached hydrogen (secondary N) is 1. The number of benzene rings is 2. The van der Waals surface area contributed by atoms with Crippen molar-refractivity contribution in [2.75, 3.05) is 11.1 Å². The molecule has 1 amide bonds. The van der Waals surface area contributed by atoms with E-state index >= 15 is 0 Å². The van der Waals surface area contributed by atoms with Crippen LogP contribution < -0.4 is 11.1 Å². The average Bonchev–Trinajstić information content (AvgIpc) is 2.46. The number of nitrogen functional groups attached to an aromatic ring is 1. The summed E-state index contributed by atoms with van der Waals surface area (Å²) in [5.41, 5.74) is 8.42. The molecule has 5 heteroatoms. The number of anilines is 2. The number of nitriles is 1. The summed E-state index contributed by atoms with van der Waals surface area (Å²) in [6.07, 6.45) is 0.897. The van der Waals surface area contributed by atoms with Crippen molar-refractivity contribution in [1.82, 2.24) is 0 Å². The Balaban J connectivity index is 1.95. The molecule has 2 aromatic carbocycles. The molecule has 0 bridgehead atoms. The van der Waals surface area contributed by atoms with E-state index in [0.717, 1.165) is 5.56 Å². The Hall–Kier alpha value is -2.51. The predicted molar refractivity (Wildman–Crippen MR) is 84.0 cm³/mol. The lowest BCUT2D eigenvalue weighted by molar-refractivity contribution is -0.116. The number of hydrogen-bond acceptors (Lipinski definition) is 3. The summed E-state index contributed by atoms with van der Waals surface area (Å²) >= 11 is 5.92. The first-order valence-corrected chi connectivity index (χ1v) is 6.81. The molecule has 0 fully saturated rings. The standard InChI is InChI=1S/C16H14ClN3O/c17-14-9-13(7-5-12(14)10-18)20-16(21)8-6-11-3-1-2-4-15(11)19/h1-5,7,9H,6,8,19H2,(H,20,21). The lowest BCUT2D eigenvalue weighted by atomic mass is 10.1. The Kier molecular flexibility index (Phi) is 4.81. The lowest BCUT2D eigenvalue weighted by Gasteiger charge is -2.07. The maximum atomic E-state index is 11.9. The second-order valence-corrected chi connectivity index (χ2v) is 4.96. The van der Waals surface area contributed by atoms with Crippen molar-refractivity contribution in [3.8, 4) is 6.07 Å². The van der Waals surface area contributed by atoms with E-state index in [4.69, 9.17) is 22.6 Å². The molecule has 3 N–H and O–H groups in total. The SMILES string of the molecule is N#Cc1ccc(NC(=O)CCc2ccccc2N)cc1Cl. The van der Waals surface area contributed by atoms with Gasteiger partial charge in [-0.25, -0.2) is 0 Å². The number of hydrogen-bond donors (Lipinski definition) is 2. The summed E-state index contributed by atoms with van der Waals surface area (Å²) in [4.78, 5) is 11.9. The molecule has 106 valence electrons. The number of carbonyl (C=O) groups is 1. The number of para-hydroxylation sites is 1. The zero-order valence-corrected chi connectivity index (χ0v) is 12.0. The Morgan fingerprint density at radius 3 is 2.71 bits per heavy atom. The molecule has 4 nitrogen and oxygen atoms in total. The van der Waals surface area contributed by atoms with Crippen LogP contribution in [0.3, 0.4) is 0 Å². The number of rotatable bonds is 4. The van der Waals surface area contributed by atoms with Crippen LogP contribution in [0, 0.1) is 11.3 Å². The van der Waals surface area contributed by atoms with E-state index in [-0.39, 0.29) is 5.91 Å². The van der Waals surface area contributed by atoms with Crippen LogP contribution in [0.25, 0.3) is 0 Å². The predicted octanol–water partition coefficient (Wildman–Crippen LogP) is 3.37. The summed E-state index contributed by atoms with van der Waals surface area (Å²) < 4.78 is 0. The first-order chi connectivity index (χ1) is 10.1. The lowest BCUT2D eigenvalue weighted by Crippen LogP contribution is -2.12. The van der Waals surface area contributed by atoms with E-state index in [1.807, 2.05) is 30.3 Å². The number of aryl methyl sites for hydroxylation is 1. The molecule has 2 rings (SSSR count). The van der Waals surface area contributed by atoms with Gasteiger partial charge in [-0.15, -0.1) is 0 Å². The van der Waals surface area contributed by atoms with E-state index in [9.17, 15) is 4.79 Å². The number of nitrogens with two attached hydrogens (primary N) is 1. The molecule has 2 aromatic rings. The van der Waals surface area contributed by atoms with Crippen LogP contribution in [-0.4, -0.2) is 5.91 Å². The minimum absolute atomic E-state index is 0.126. The van der Waals surface area contributed by atoms with Gasteiger partial charge in [0, 0.05) is 17.8 Å². The fourth-order valence-electron chi connectivity index (χ4n) is 1.92. The molecule has 0 aliphatic rings. The van der Waals surface area contributed by atoms with Crippen molar-refractivity contribution in [3.05, 3.63) is 58.6 Å². The van der Waals surface area contributed by atoms with Gasteiger partial charge in [0.2, 0.25) is 5.91 Å². The highest BCUT2D eigenvalue weighted by molar-refractivity contribution is 6.32. The van der Waals surface area contributed by atoms with Crippen LogP contribution in [-0.2, 0) is 11.2 Å². The zero-order chi connectivity index (χ0) is 15.2. The third kappa shape index (κ3) is 3.98. The monoisotopic (exact) mass is 299 g/mol. The van der Waals surface area contributed by atoms with Gasteiger partial charge in [-0.05, 0) is 36.2 Å². The molecule has 0 saturated carbocycles. The molecule has 0 aromatic heterocycles. The number of nitrogens with zero attached hydrogens (tertiary/aromatic N) is 1. The normalized spacial score (nSPS) is 9.90. The van der Waals surface area contributed by atoms with E-state index in [1.165, 1.54) is 0 Å². The van der Waals surface area contributed by atoms with Gasteiger partial charge in [0.15, 0.2) is 0 Å². The molecular weight excluding hydrogens is 286 g/mol. The Bertz CT molecular complexity index is 707. The highest BCUT2D eigenvalue weighted by atomic mass is 35.5. The van der Waals surface area contributed by atoms with Crippen LogP contribution in [0.5, 0.6) is 0 Å². The van der Waals surface area contributed by atoms with E-state index in [2.05, 4.69) is 5.32 Å². The summed E-state index contributed by atoms with van der Waals surface area (Å²) in [6, 6.07) is 14.2. The quantitative estimate of drug-likeness (QED) is 0.850. The molecule has 0 spiro atoms. The third-order valence-corrected chi connectivity index (χ3v) is 3.36. The van der Waals surface area contributed by atoms with Gasteiger partial charge in [-0.2, -0.15) is 5.26 Å². The van der Waals surface area contributed by atoms with Crippen LogP contribution in [0.15, 0.2) is 42.5 Å². The van der Waals surface area contributed by atoms with Crippen LogP contribution in [0.4, 0.5) is 11.4 Å². The molecule has 0 heterocycles. The maximum absolute atomic E-state index is 11.9. The first kappa shape index (κ1) is 14.9. The molecule has 0 aliphatic heterocycles. The van der Waals surface area contributed by atoms with Crippen molar-refractivity contribution in [3.63, 3.8) is 0 Å². The number of amides is 1. The molecule has 21 heavy (non-hydrogen) atoms. The smallest absolute Gasteiger partial charge is 0.224 e. The minimum Gasteiger partial charge on any atom is -0.399 e. The topological polar surface area (TPSA) is 78.9 Å². The molecular formula is C16H14ClN3O. The summed E-state index contributed by atoms with van der Waals surface area (Å²) in [5, 5.41) is 11.9. The maximum Gasteiger partial charge on any atom is 0.224 e. The summed E-state index contributed by atoms with van der Waals surface area (Å²) in [5.74, 6) is -0.126. The summed E-state index contributed by atoms with van der Waals surface area (Å²) in [7, 11) is 0. The van der Waals surface area contributed by atoms with Crippen LogP contribution >= 0.6 is 11.6 Å². The van der Waals surface area contributed by atoms with E-state index in [1.54, 1.807) is 18.2 Å². The molecule has 0 saturated heterocycles. The van der Waals surface area contributed by atoms with Crippen LogP contribution in [0.2, 0.25) is 5.02 Å². The van der Waals surface area contributed by atoms with Crippen molar-refractivity contribution in [1.29, 1.82) is 5.26 Å². The fourth-order valence-corrected chi connectivity index (χ4v) is 2.14. The number of carbonyl (C=O) groups excluding carboxylic acids is 1. The Morgan fingerprint density at radius 1 is 1.29 bits per heavy atom. The Morgan fingerprint density at radius 2 is 2.05 bits per heavy atom. The van der Waals surface area contributed by atoms with Crippen molar-refractivity contribution >= 4 is 28.9 Å². The molecule has 0 radical (unpaired) electrons. The molecule has 0 atom stereocenters. The average molecular weight is 300 g/mol. The van der Waals surface area contributed by atoms with Gasteiger partial charge >= 0.3 is 0 Å². The van der Waals surface area contributed by atoms with Crippen LogP contribution in [0.1, 0.15) is 17.5 Å².